The molecule has 1 rings (SSSR count). The van der Waals surface area contributed by atoms with E-state index in [1.165, 1.54) is 5.56 Å². The Kier molecular flexibility index (Phi) is 9.46. The van der Waals surface area contributed by atoms with Crippen LogP contribution in [0.5, 0.6) is 0 Å². The van der Waals surface area contributed by atoms with Crippen LogP contribution in [0, 0.1) is 17.3 Å². The maximum atomic E-state index is 9.46. The van der Waals surface area contributed by atoms with Gasteiger partial charge in [0, 0.05) is 26.2 Å². The second kappa shape index (κ2) is 10.8. The van der Waals surface area contributed by atoms with Crippen LogP contribution < -0.4 is 0 Å². The number of benzene rings is 1. The molecule has 0 fully saturated rings. The molecule has 3 atom stereocenters. The van der Waals surface area contributed by atoms with Gasteiger partial charge in [-0.1, -0.05) is 51.1 Å². The fourth-order valence-electron chi connectivity index (χ4n) is 3.32. The minimum Gasteiger partial charge on any atom is -0.396 e. The van der Waals surface area contributed by atoms with E-state index in [1.807, 2.05) is 6.07 Å². The second-order valence-corrected chi connectivity index (χ2v) is 7.35. The fraction of sp³-hybridized carbons (Fsp3) is 0.700. The summed E-state index contributed by atoms with van der Waals surface area (Å²) in [6.07, 6.45) is 2.88. The molecule has 0 amide bonds. The van der Waals surface area contributed by atoms with E-state index in [0.29, 0.717) is 11.8 Å². The van der Waals surface area contributed by atoms with E-state index < -0.39 is 0 Å². The van der Waals surface area contributed by atoms with E-state index in [9.17, 15) is 5.11 Å². The molecule has 0 aliphatic rings. The zero-order valence-electron chi connectivity index (χ0n) is 15.3. The summed E-state index contributed by atoms with van der Waals surface area (Å²) in [6, 6.07) is 10.5. The van der Waals surface area contributed by atoms with Crippen molar-refractivity contribution in [1.29, 1.82) is 0 Å². The van der Waals surface area contributed by atoms with Gasteiger partial charge >= 0.3 is 0 Å². The molecule has 1 aromatic rings. The molecule has 0 heterocycles. The first-order valence-corrected chi connectivity index (χ1v) is 8.70. The van der Waals surface area contributed by atoms with Crippen molar-refractivity contribution >= 4 is 0 Å². The maximum absolute atomic E-state index is 9.46. The molecule has 1 aromatic carbocycles. The van der Waals surface area contributed by atoms with Gasteiger partial charge in [0.1, 0.15) is 0 Å². The molecule has 0 spiro atoms. The lowest BCUT2D eigenvalue weighted by Gasteiger charge is -2.32. The number of hydrogen-bond donors (Lipinski definition) is 1. The minimum absolute atomic E-state index is 0.108. The Balaban J connectivity index is 2.47. The number of ether oxygens (including phenoxy) is 2. The normalized spacial score (nSPS) is 16.7. The summed E-state index contributed by atoms with van der Waals surface area (Å²) in [6.45, 7) is 9.14. The van der Waals surface area contributed by atoms with Crippen LogP contribution in [-0.4, -0.2) is 38.6 Å². The highest BCUT2D eigenvalue weighted by Crippen LogP contribution is 2.34. The van der Waals surface area contributed by atoms with Crippen LogP contribution in [0.2, 0.25) is 0 Å². The summed E-state index contributed by atoms with van der Waals surface area (Å²) in [5, 5.41) is 9.46. The van der Waals surface area contributed by atoms with Crippen molar-refractivity contribution in [3.8, 4) is 0 Å². The molecule has 0 saturated heterocycles. The topological polar surface area (TPSA) is 38.7 Å². The number of hydrogen-bond acceptors (Lipinski definition) is 3. The van der Waals surface area contributed by atoms with Crippen LogP contribution in [0.25, 0.3) is 0 Å². The molecule has 3 heteroatoms. The molecular weight excluding hydrogens is 288 g/mol. The van der Waals surface area contributed by atoms with E-state index in [1.54, 1.807) is 7.11 Å². The molecule has 1 N–H and O–H groups in total. The Hall–Kier alpha value is -0.900. The molecular formula is C20H34O3. The van der Waals surface area contributed by atoms with Gasteiger partial charge in [-0.3, -0.25) is 0 Å². The molecule has 0 aliphatic carbocycles. The molecule has 3 nitrogen and oxygen atoms in total. The van der Waals surface area contributed by atoms with Gasteiger partial charge in [0.2, 0.25) is 0 Å². The van der Waals surface area contributed by atoms with Crippen molar-refractivity contribution in [3.63, 3.8) is 0 Å². The standard InChI is InChI=1S/C20H34O3/c1-17(15-23-16-18(2)14-22-4)12-20(3,10-11-21)13-19-8-6-5-7-9-19/h5-9,17-18,21H,10-16H2,1-4H3. The number of aliphatic hydroxyl groups is 1. The Bertz CT molecular complexity index is 407. The Morgan fingerprint density at radius 3 is 2.30 bits per heavy atom. The van der Waals surface area contributed by atoms with Crippen molar-refractivity contribution in [2.75, 3.05) is 33.5 Å². The summed E-state index contributed by atoms with van der Waals surface area (Å²) in [5.74, 6) is 0.908. The van der Waals surface area contributed by atoms with E-state index in [-0.39, 0.29) is 12.0 Å². The lowest BCUT2D eigenvalue weighted by atomic mass is 9.74. The minimum atomic E-state index is 0.108. The Labute approximate surface area is 142 Å². The summed E-state index contributed by atoms with van der Waals surface area (Å²) in [5.41, 5.74) is 1.45. The van der Waals surface area contributed by atoms with Gasteiger partial charge in [0.25, 0.3) is 0 Å². The van der Waals surface area contributed by atoms with Gasteiger partial charge < -0.3 is 14.6 Å². The summed E-state index contributed by atoms with van der Waals surface area (Å²) >= 11 is 0. The molecule has 132 valence electrons. The average Bonchev–Trinajstić information content (AvgIpc) is 2.48. The first kappa shape index (κ1) is 20.1. The highest BCUT2D eigenvalue weighted by Gasteiger charge is 2.26. The Morgan fingerprint density at radius 1 is 1.04 bits per heavy atom. The second-order valence-electron chi connectivity index (χ2n) is 7.35. The molecule has 0 bridgehead atoms. The summed E-state index contributed by atoms with van der Waals surface area (Å²) < 4.78 is 11.0. The van der Waals surface area contributed by atoms with Crippen LogP contribution in [0.3, 0.4) is 0 Å². The van der Waals surface area contributed by atoms with Gasteiger partial charge in [-0.25, -0.2) is 0 Å². The smallest absolute Gasteiger partial charge is 0.0513 e. The third-order valence-electron chi connectivity index (χ3n) is 4.29. The van der Waals surface area contributed by atoms with Gasteiger partial charge in [0.05, 0.1) is 13.2 Å². The molecule has 0 saturated carbocycles. The number of methoxy groups -OCH3 is 1. The van der Waals surface area contributed by atoms with E-state index in [0.717, 1.165) is 39.1 Å². The lowest BCUT2D eigenvalue weighted by Crippen LogP contribution is -2.26. The van der Waals surface area contributed by atoms with Crippen LogP contribution >= 0.6 is 0 Å². The van der Waals surface area contributed by atoms with Crippen LogP contribution in [0.1, 0.15) is 39.2 Å². The zero-order chi connectivity index (χ0) is 17.1. The predicted molar refractivity (Wildman–Crippen MR) is 95.6 cm³/mol. The van der Waals surface area contributed by atoms with Crippen LogP contribution in [0.4, 0.5) is 0 Å². The van der Waals surface area contributed by atoms with E-state index in [2.05, 4.69) is 45.0 Å². The summed E-state index contributed by atoms with van der Waals surface area (Å²) in [7, 11) is 1.73. The van der Waals surface area contributed by atoms with Gasteiger partial charge in [0.15, 0.2) is 0 Å². The molecule has 0 aromatic heterocycles. The third kappa shape index (κ3) is 8.50. The first-order valence-electron chi connectivity index (χ1n) is 8.70. The van der Waals surface area contributed by atoms with Crippen molar-refractivity contribution < 1.29 is 14.6 Å². The maximum Gasteiger partial charge on any atom is 0.0513 e. The molecule has 0 radical (unpaired) electrons. The van der Waals surface area contributed by atoms with E-state index in [4.69, 9.17) is 9.47 Å². The van der Waals surface area contributed by atoms with Gasteiger partial charge in [-0.05, 0) is 36.2 Å². The van der Waals surface area contributed by atoms with Crippen molar-refractivity contribution in [3.05, 3.63) is 35.9 Å². The number of aliphatic hydroxyl groups excluding tert-OH is 1. The third-order valence-corrected chi connectivity index (χ3v) is 4.29. The quantitative estimate of drug-likeness (QED) is 0.633. The lowest BCUT2D eigenvalue weighted by molar-refractivity contribution is 0.0372. The molecule has 3 unspecified atom stereocenters. The largest absolute Gasteiger partial charge is 0.396 e. The zero-order valence-corrected chi connectivity index (χ0v) is 15.3. The van der Waals surface area contributed by atoms with Crippen LogP contribution in [-0.2, 0) is 15.9 Å². The molecule has 23 heavy (non-hydrogen) atoms. The van der Waals surface area contributed by atoms with Gasteiger partial charge in [-0.15, -0.1) is 0 Å². The highest BCUT2D eigenvalue weighted by molar-refractivity contribution is 5.16. The molecule has 0 aliphatic heterocycles. The monoisotopic (exact) mass is 322 g/mol. The van der Waals surface area contributed by atoms with Crippen molar-refractivity contribution in [1.82, 2.24) is 0 Å². The highest BCUT2D eigenvalue weighted by atomic mass is 16.5. The average molecular weight is 322 g/mol. The summed E-state index contributed by atoms with van der Waals surface area (Å²) in [4.78, 5) is 0. The van der Waals surface area contributed by atoms with Crippen molar-refractivity contribution in [2.24, 2.45) is 17.3 Å². The van der Waals surface area contributed by atoms with Gasteiger partial charge in [-0.2, -0.15) is 0 Å². The Morgan fingerprint density at radius 2 is 1.70 bits per heavy atom. The first-order chi connectivity index (χ1) is 11.0. The fourth-order valence-corrected chi connectivity index (χ4v) is 3.32. The van der Waals surface area contributed by atoms with Crippen molar-refractivity contribution in [2.45, 2.75) is 40.0 Å². The van der Waals surface area contributed by atoms with E-state index >= 15 is 0 Å². The predicted octanol–water partition coefficient (Wildman–Crippen LogP) is 3.94. The SMILES string of the molecule is COCC(C)COCC(C)CC(C)(CCO)Cc1ccccc1. The van der Waals surface area contributed by atoms with Crippen LogP contribution in [0.15, 0.2) is 30.3 Å². The number of rotatable bonds is 12.